The quantitative estimate of drug-likeness (QED) is 0.845. The molecule has 0 aliphatic carbocycles. The topological polar surface area (TPSA) is 69.3 Å². The molecule has 102 valence electrons. The number of nitrogens with zero attached hydrogens (tertiary/aromatic N) is 3. The normalized spacial score (nSPS) is 20.0. The maximum Gasteiger partial charge on any atom is 0.293 e. The third-order valence-electron chi connectivity index (χ3n) is 3.71. The Hall–Kier alpha value is -1.82. The van der Waals surface area contributed by atoms with Crippen LogP contribution in [0.1, 0.15) is 31.2 Å². The van der Waals surface area contributed by atoms with Gasteiger partial charge in [0.1, 0.15) is 5.52 Å². The number of aromatic nitrogens is 3. The summed E-state index contributed by atoms with van der Waals surface area (Å²) in [5.74, 6) is -0.274. The number of hydrogen-bond acceptors (Lipinski definition) is 4. The zero-order valence-electron chi connectivity index (χ0n) is 11.1. The molecule has 1 aliphatic rings. The van der Waals surface area contributed by atoms with Gasteiger partial charge in [-0.15, -0.1) is 0 Å². The van der Waals surface area contributed by atoms with E-state index in [1.165, 1.54) is 10.6 Å². The van der Waals surface area contributed by atoms with Gasteiger partial charge in [-0.3, -0.25) is 4.79 Å². The van der Waals surface area contributed by atoms with Gasteiger partial charge in [-0.1, -0.05) is 0 Å². The predicted molar refractivity (Wildman–Crippen MR) is 70.2 cm³/mol. The van der Waals surface area contributed by atoms with Gasteiger partial charge >= 0.3 is 0 Å². The van der Waals surface area contributed by atoms with E-state index >= 15 is 0 Å². The van der Waals surface area contributed by atoms with E-state index < -0.39 is 5.56 Å². The number of rotatable bonds is 1. The van der Waals surface area contributed by atoms with E-state index in [0.29, 0.717) is 5.52 Å². The largest absolute Gasteiger partial charge is 0.503 e. The molecule has 1 atom stereocenters. The van der Waals surface area contributed by atoms with Gasteiger partial charge in [-0.05, 0) is 26.2 Å². The average molecular weight is 263 g/mol. The monoisotopic (exact) mass is 263 g/mol. The first-order valence-electron chi connectivity index (χ1n) is 6.49. The van der Waals surface area contributed by atoms with Crippen molar-refractivity contribution in [2.75, 3.05) is 6.61 Å². The second-order valence-corrected chi connectivity index (χ2v) is 4.98. The van der Waals surface area contributed by atoms with Crippen LogP contribution in [0.5, 0.6) is 5.75 Å². The Kier molecular flexibility index (Phi) is 2.82. The first-order chi connectivity index (χ1) is 9.09. The SMILES string of the molecule is Cc1c2c(cc(O)c(=O)n2C)nn1C1CCCCO1. The third-order valence-corrected chi connectivity index (χ3v) is 3.71. The van der Waals surface area contributed by atoms with Crippen LogP contribution in [0.2, 0.25) is 0 Å². The van der Waals surface area contributed by atoms with Gasteiger partial charge in [0.15, 0.2) is 12.0 Å². The lowest BCUT2D eigenvalue weighted by molar-refractivity contribution is -0.0402. The molecule has 0 radical (unpaired) electrons. The Morgan fingerprint density at radius 1 is 1.47 bits per heavy atom. The number of aromatic hydroxyl groups is 1. The van der Waals surface area contributed by atoms with E-state index in [1.807, 2.05) is 11.6 Å². The molecule has 0 aromatic carbocycles. The number of fused-ring (bicyclic) bond motifs is 1. The van der Waals surface area contributed by atoms with Crippen molar-refractivity contribution in [2.24, 2.45) is 7.05 Å². The predicted octanol–water partition coefficient (Wildman–Crippen LogP) is 1.45. The Balaban J connectivity index is 2.20. The molecule has 6 nitrogen and oxygen atoms in total. The summed E-state index contributed by atoms with van der Waals surface area (Å²) in [7, 11) is 1.64. The van der Waals surface area contributed by atoms with Gasteiger partial charge in [0, 0.05) is 19.7 Å². The highest BCUT2D eigenvalue weighted by Gasteiger charge is 2.21. The molecule has 0 saturated carbocycles. The van der Waals surface area contributed by atoms with E-state index in [-0.39, 0.29) is 12.0 Å². The van der Waals surface area contributed by atoms with Gasteiger partial charge in [0.25, 0.3) is 5.56 Å². The molecule has 3 rings (SSSR count). The second kappa shape index (κ2) is 4.38. The molecule has 1 unspecified atom stereocenters. The van der Waals surface area contributed by atoms with Crippen molar-refractivity contribution in [1.29, 1.82) is 0 Å². The van der Waals surface area contributed by atoms with Crippen LogP contribution in [0.25, 0.3) is 11.0 Å². The minimum atomic E-state index is -0.403. The molecule has 1 saturated heterocycles. The molecule has 1 aliphatic heterocycles. The minimum Gasteiger partial charge on any atom is -0.503 e. The molecule has 0 bridgehead atoms. The van der Waals surface area contributed by atoms with Crippen molar-refractivity contribution in [3.05, 3.63) is 22.1 Å². The molecule has 2 aromatic rings. The Morgan fingerprint density at radius 3 is 2.95 bits per heavy atom. The van der Waals surface area contributed by atoms with Crippen LogP contribution in [0, 0.1) is 6.92 Å². The van der Waals surface area contributed by atoms with Crippen molar-refractivity contribution < 1.29 is 9.84 Å². The molecule has 0 spiro atoms. The molecular formula is C13H17N3O3. The molecule has 3 heterocycles. The molecule has 1 fully saturated rings. The van der Waals surface area contributed by atoms with E-state index in [9.17, 15) is 9.90 Å². The van der Waals surface area contributed by atoms with Crippen LogP contribution in [-0.4, -0.2) is 26.1 Å². The Bertz CT molecular complexity index is 680. The van der Waals surface area contributed by atoms with Gasteiger partial charge < -0.3 is 14.4 Å². The molecule has 19 heavy (non-hydrogen) atoms. The van der Waals surface area contributed by atoms with Crippen LogP contribution in [-0.2, 0) is 11.8 Å². The minimum absolute atomic E-state index is 0.0709. The van der Waals surface area contributed by atoms with Gasteiger partial charge in [0.05, 0.1) is 11.2 Å². The summed E-state index contributed by atoms with van der Waals surface area (Å²) in [5, 5.41) is 14.1. The summed E-state index contributed by atoms with van der Waals surface area (Å²) in [5.41, 5.74) is 1.85. The van der Waals surface area contributed by atoms with Crippen molar-refractivity contribution in [3.63, 3.8) is 0 Å². The summed E-state index contributed by atoms with van der Waals surface area (Å²) in [6, 6.07) is 1.42. The van der Waals surface area contributed by atoms with Crippen molar-refractivity contribution in [3.8, 4) is 5.75 Å². The lowest BCUT2D eigenvalue weighted by Gasteiger charge is -2.23. The summed E-state index contributed by atoms with van der Waals surface area (Å²) >= 11 is 0. The van der Waals surface area contributed by atoms with Crippen molar-refractivity contribution in [1.82, 2.24) is 14.3 Å². The first kappa shape index (κ1) is 12.2. The Labute approximate surface area is 110 Å². The summed E-state index contributed by atoms with van der Waals surface area (Å²) < 4.78 is 8.98. The highest BCUT2D eigenvalue weighted by atomic mass is 16.5. The summed E-state index contributed by atoms with van der Waals surface area (Å²) in [4.78, 5) is 11.8. The molecule has 1 N–H and O–H groups in total. The van der Waals surface area contributed by atoms with E-state index in [0.717, 1.165) is 37.1 Å². The van der Waals surface area contributed by atoms with Crippen LogP contribution in [0.3, 0.4) is 0 Å². The van der Waals surface area contributed by atoms with Crippen LogP contribution >= 0.6 is 0 Å². The lowest BCUT2D eigenvalue weighted by atomic mass is 10.2. The zero-order valence-corrected chi connectivity index (χ0v) is 11.1. The van der Waals surface area contributed by atoms with Crippen LogP contribution in [0.4, 0.5) is 0 Å². The molecule has 0 amide bonds. The highest BCUT2D eigenvalue weighted by Crippen LogP contribution is 2.27. The number of hydrogen-bond donors (Lipinski definition) is 1. The summed E-state index contributed by atoms with van der Waals surface area (Å²) in [6.45, 7) is 2.66. The average Bonchev–Trinajstić information content (AvgIpc) is 2.74. The maximum absolute atomic E-state index is 11.8. The van der Waals surface area contributed by atoms with E-state index in [1.54, 1.807) is 7.05 Å². The van der Waals surface area contributed by atoms with E-state index in [2.05, 4.69) is 5.10 Å². The summed E-state index contributed by atoms with van der Waals surface area (Å²) in [6.07, 6.45) is 3.05. The number of ether oxygens (including phenoxy) is 1. The van der Waals surface area contributed by atoms with Crippen LogP contribution < -0.4 is 5.56 Å². The highest BCUT2D eigenvalue weighted by molar-refractivity contribution is 5.78. The molecule has 6 heteroatoms. The maximum atomic E-state index is 11.8. The van der Waals surface area contributed by atoms with Gasteiger partial charge in [-0.2, -0.15) is 5.10 Å². The second-order valence-electron chi connectivity index (χ2n) is 4.98. The zero-order chi connectivity index (χ0) is 13.6. The fraction of sp³-hybridized carbons (Fsp3) is 0.538. The number of aryl methyl sites for hydroxylation is 2. The fourth-order valence-corrected chi connectivity index (χ4v) is 2.71. The molecule has 2 aromatic heterocycles. The third kappa shape index (κ3) is 1.83. The Morgan fingerprint density at radius 2 is 2.26 bits per heavy atom. The molecular weight excluding hydrogens is 246 g/mol. The van der Waals surface area contributed by atoms with Gasteiger partial charge in [-0.25, -0.2) is 4.68 Å². The number of pyridine rings is 1. The van der Waals surface area contributed by atoms with E-state index in [4.69, 9.17) is 4.74 Å². The smallest absolute Gasteiger partial charge is 0.293 e. The van der Waals surface area contributed by atoms with Crippen molar-refractivity contribution in [2.45, 2.75) is 32.4 Å². The van der Waals surface area contributed by atoms with Gasteiger partial charge in [0.2, 0.25) is 0 Å². The first-order valence-corrected chi connectivity index (χ1v) is 6.49. The van der Waals surface area contributed by atoms with Crippen molar-refractivity contribution >= 4 is 11.0 Å². The standard InChI is InChI=1S/C13H17N3O3/c1-8-12-9(7-10(17)13(18)15(12)2)14-16(8)11-5-3-4-6-19-11/h7,11,17H,3-6H2,1-2H3. The van der Waals surface area contributed by atoms with Crippen LogP contribution in [0.15, 0.2) is 10.9 Å². The lowest BCUT2D eigenvalue weighted by Crippen LogP contribution is -2.20. The fourth-order valence-electron chi connectivity index (χ4n) is 2.71.